The van der Waals surface area contributed by atoms with Crippen molar-refractivity contribution >= 4 is 62.3 Å². The molecule has 2 aromatic rings. The molecule has 0 aliphatic rings. The molecular formula is C24H30Cl3N3O5S. The number of amides is 2. The van der Waals surface area contributed by atoms with E-state index in [9.17, 15) is 18.0 Å². The highest BCUT2D eigenvalue weighted by atomic mass is 35.5. The third-order valence-corrected chi connectivity index (χ3v) is 7.24. The van der Waals surface area contributed by atoms with E-state index in [1.165, 1.54) is 24.1 Å². The molecule has 2 rings (SSSR count). The van der Waals surface area contributed by atoms with Gasteiger partial charge in [0.2, 0.25) is 21.8 Å². The van der Waals surface area contributed by atoms with Crippen LogP contribution in [0.5, 0.6) is 5.75 Å². The molecule has 36 heavy (non-hydrogen) atoms. The lowest BCUT2D eigenvalue weighted by atomic mass is 10.1. The summed E-state index contributed by atoms with van der Waals surface area (Å²) in [5.74, 6) is -0.439. The summed E-state index contributed by atoms with van der Waals surface area (Å²) in [6.07, 6.45) is 0.946. The summed E-state index contributed by atoms with van der Waals surface area (Å²) in [5, 5.41) is 3.07. The highest BCUT2D eigenvalue weighted by Crippen LogP contribution is 2.35. The van der Waals surface area contributed by atoms with E-state index in [1.54, 1.807) is 31.2 Å². The number of methoxy groups -OCH3 is 1. The monoisotopic (exact) mass is 577 g/mol. The van der Waals surface area contributed by atoms with Crippen molar-refractivity contribution in [3.63, 3.8) is 0 Å². The van der Waals surface area contributed by atoms with Gasteiger partial charge in [-0.2, -0.15) is 0 Å². The SMILES string of the molecule is COc1cccc(CN(C(=O)CN(c2cc(Cl)c(Cl)cc2Cl)S(C)(=O)=O)C(C)C(=O)NC(C)(C)C)c1. The molecule has 0 aliphatic carbocycles. The summed E-state index contributed by atoms with van der Waals surface area (Å²) in [4.78, 5) is 27.9. The molecule has 0 aromatic heterocycles. The van der Waals surface area contributed by atoms with E-state index in [4.69, 9.17) is 39.5 Å². The minimum atomic E-state index is -3.98. The summed E-state index contributed by atoms with van der Waals surface area (Å²) in [5.41, 5.74) is 0.147. The maximum atomic E-state index is 13.6. The van der Waals surface area contributed by atoms with Crippen molar-refractivity contribution in [3.05, 3.63) is 57.0 Å². The number of nitrogens with zero attached hydrogens (tertiary/aromatic N) is 2. The smallest absolute Gasteiger partial charge is 0.244 e. The third kappa shape index (κ3) is 8.16. The number of carbonyl (C=O) groups is 2. The summed E-state index contributed by atoms with van der Waals surface area (Å²) >= 11 is 18.3. The molecule has 0 spiro atoms. The first-order valence-corrected chi connectivity index (χ1v) is 13.9. The van der Waals surface area contributed by atoms with Gasteiger partial charge in [0.1, 0.15) is 18.3 Å². The molecule has 0 saturated heterocycles. The maximum absolute atomic E-state index is 13.6. The average molecular weight is 579 g/mol. The Kier molecular flexibility index (Phi) is 9.92. The van der Waals surface area contributed by atoms with Crippen molar-refractivity contribution in [2.75, 3.05) is 24.2 Å². The van der Waals surface area contributed by atoms with Gasteiger partial charge in [0.15, 0.2) is 0 Å². The second-order valence-electron chi connectivity index (χ2n) is 9.28. The van der Waals surface area contributed by atoms with Gasteiger partial charge in [-0.15, -0.1) is 0 Å². The summed E-state index contributed by atoms with van der Waals surface area (Å²) < 4.78 is 31.5. The molecule has 198 valence electrons. The fourth-order valence-electron chi connectivity index (χ4n) is 3.32. The molecule has 12 heteroatoms. The van der Waals surface area contributed by atoms with E-state index >= 15 is 0 Å². The summed E-state index contributed by atoms with van der Waals surface area (Å²) in [7, 11) is -2.46. The number of hydrogen-bond acceptors (Lipinski definition) is 5. The van der Waals surface area contributed by atoms with Crippen LogP contribution in [-0.2, 0) is 26.2 Å². The van der Waals surface area contributed by atoms with Crippen molar-refractivity contribution < 1.29 is 22.7 Å². The normalized spacial score (nSPS) is 12.6. The van der Waals surface area contributed by atoms with Gasteiger partial charge in [0.05, 0.1) is 34.1 Å². The van der Waals surface area contributed by atoms with Gasteiger partial charge in [-0.05, 0) is 57.5 Å². The Hall–Kier alpha value is -2.20. The fourth-order valence-corrected chi connectivity index (χ4v) is 4.87. The number of hydrogen-bond donors (Lipinski definition) is 1. The molecule has 0 heterocycles. The van der Waals surface area contributed by atoms with Gasteiger partial charge in [-0.1, -0.05) is 46.9 Å². The zero-order valence-corrected chi connectivity index (χ0v) is 24.0. The number of carbonyl (C=O) groups excluding carboxylic acids is 2. The number of ether oxygens (including phenoxy) is 1. The second-order valence-corrected chi connectivity index (χ2v) is 12.4. The standard InChI is InChI=1S/C24H30Cl3N3O5S/c1-15(23(32)28-24(2,3)4)29(13-16-8-7-9-17(10-16)35-5)22(31)14-30(36(6,33)34)21-12-19(26)18(25)11-20(21)27/h7-12,15H,13-14H2,1-6H3,(H,28,32). The van der Waals surface area contributed by atoms with Crippen LogP contribution in [0.15, 0.2) is 36.4 Å². The predicted octanol–water partition coefficient (Wildman–Crippen LogP) is 4.75. The van der Waals surface area contributed by atoms with Gasteiger partial charge in [-0.25, -0.2) is 8.42 Å². The third-order valence-electron chi connectivity index (χ3n) is 5.09. The highest BCUT2D eigenvalue weighted by Gasteiger charge is 2.32. The fraction of sp³-hybridized carbons (Fsp3) is 0.417. The molecule has 2 amide bonds. The quantitative estimate of drug-likeness (QED) is 0.433. The van der Waals surface area contributed by atoms with Crippen LogP contribution >= 0.6 is 34.8 Å². The van der Waals surface area contributed by atoms with Crippen molar-refractivity contribution in [3.8, 4) is 5.75 Å². The van der Waals surface area contributed by atoms with Crippen LogP contribution in [0.4, 0.5) is 5.69 Å². The van der Waals surface area contributed by atoms with Gasteiger partial charge in [-0.3, -0.25) is 13.9 Å². The predicted molar refractivity (Wildman–Crippen MR) is 145 cm³/mol. The van der Waals surface area contributed by atoms with E-state index in [0.29, 0.717) is 11.3 Å². The van der Waals surface area contributed by atoms with Crippen LogP contribution in [0, 0.1) is 0 Å². The minimum Gasteiger partial charge on any atom is -0.497 e. The number of anilines is 1. The zero-order valence-electron chi connectivity index (χ0n) is 20.9. The molecular weight excluding hydrogens is 549 g/mol. The zero-order chi connectivity index (χ0) is 27.4. The first-order chi connectivity index (χ1) is 16.5. The molecule has 0 bridgehead atoms. The highest BCUT2D eigenvalue weighted by molar-refractivity contribution is 7.92. The lowest BCUT2D eigenvalue weighted by molar-refractivity contribution is -0.140. The van der Waals surface area contributed by atoms with Gasteiger partial charge in [0.25, 0.3) is 0 Å². The number of benzene rings is 2. The van der Waals surface area contributed by atoms with Crippen molar-refractivity contribution in [2.45, 2.75) is 45.8 Å². The van der Waals surface area contributed by atoms with Crippen LogP contribution in [-0.4, -0.2) is 56.6 Å². The number of rotatable bonds is 9. The molecule has 8 nitrogen and oxygen atoms in total. The molecule has 1 unspecified atom stereocenters. The van der Waals surface area contributed by atoms with E-state index in [1.807, 2.05) is 20.8 Å². The van der Waals surface area contributed by atoms with Crippen LogP contribution in [0.25, 0.3) is 0 Å². The Morgan fingerprint density at radius 3 is 2.22 bits per heavy atom. The Morgan fingerprint density at radius 2 is 1.67 bits per heavy atom. The largest absolute Gasteiger partial charge is 0.497 e. The van der Waals surface area contributed by atoms with Gasteiger partial charge in [0, 0.05) is 12.1 Å². The van der Waals surface area contributed by atoms with Crippen molar-refractivity contribution in [2.24, 2.45) is 0 Å². The van der Waals surface area contributed by atoms with Crippen LogP contribution in [0.2, 0.25) is 15.1 Å². The average Bonchev–Trinajstić information content (AvgIpc) is 2.76. The van der Waals surface area contributed by atoms with E-state index in [-0.39, 0.29) is 27.3 Å². The number of nitrogens with one attached hydrogen (secondary N) is 1. The summed E-state index contributed by atoms with van der Waals surface area (Å²) in [6.45, 7) is 6.46. The first kappa shape index (κ1) is 30.0. The molecule has 0 fully saturated rings. The maximum Gasteiger partial charge on any atom is 0.244 e. The Balaban J connectivity index is 2.49. The second kappa shape index (κ2) is 11.9. The Labute approximate surface area is 227 Å². The van der Waals surface area contributed by atoms with Gasteiger partial charge < -0.3 is 15.0 Å². The molecule has 1 atom stereocenters. The van der Waals surface area contributed by atoms with E-state index in [2.05, 4.69) is 5.32 Å². The molecule has 0 radical (unpaired) electrons. The van der Waals surface area contributed by atoms with Crippen molar-refractivity contribution in [1.82, 2.24) is 10.2 Å². The first-order valence-electron chi connectivity index (χ1n) is 10.9. The van der Waals surface area contributed by atoms with Crippen LogP contribution < -0.4 is 14.4 Å². The van der Waals surface area contributed by atoms with E-state index < -0.39 is 40.0 Å². The number of sulfonamides is 1. The lowest BCUT2D eigenvalue weighted by Gasteiger charge is -2.33. The molecule has 1 N–H and O–H groups in total. The Morgan fingerprint density at radius 1 is 1.06 bits per heavy atom. The van der Waals surface area contributed by atoms with Gasteiger partial charge >= 0.3 is 0 Å². The number of halogens is 3. The van der Waals surface area contributed by atoms with Crippen molar-refractivity contribution in [1.29, 1.82) is 0 Å². The minimum absolute atomic E-state index is 0.000458. The van der Waals surface area contributed by atoms with Crippen LogP contribution in [0.1, 0.15) is 33.3 Å². The Bertz CT molecular complexity index is 1230. The molecule has 2 aromatic carbocycles. The summed E-state index contributed by atoms with van der Waals surface area (Å²) in [6, 6.07) is 8.69. The molecule has 0 aliphatic heterocycles. The van der Waals surface area contributed by atoms with Crippen LogP contribution in [0.3, 0.4) is 0 Å². The topological polar surface area (TPSA) is 96.0 Å². The molecule has 0 saturated carbocycles. The van der Waals surface area contributed by atoms with E-state index in [0.717, 1.165) is 10.6 Å². The lowest BCUT2D eigenvalue weighted by Crippen LogP contribution is -2.54.